The van der Waals surface area contributed by atoms with E-state index in [0.29, 0.717) is 12.3 Å². The lowest BCUT2D eigenvalue weighted by molar-refractivity contribution is 1.21. The van der Waals surface area contributed by atoms with Crippen LogP contribution in [0.3, 0.4) is 0 Å². The van der Waals surface area contributed by atoms with Gasteiger partial charge in [-0.25, -0.2) is 4.99 Å². The number of hydrogen-bond donors (Lipinski definition) is 1. The second-order valence-electron chi connectivity index (χ2n) is 1.93. The zero-order chi connectivity index (χ0) is 7.40. The summed E-state index contributed by atoms with van der Waals surface area (Å²) in [6.07, 6.45) is 5.77. The van der Waals surface area contributed by atoms with Crippen LogP contribution in [0.25, 0.3) is 0 Å². The fourth-order valence-electron chi connectivity index (χ4n) is 0.583. The van der Waals surface area contributed by atoms with E-state index in [2.05, 4.69) is 9.98 Å². The molecule has 1 aliphatic heterocycles. The van der Waals surface area contributed by atoms with Crippen molar-refractivity contribution >= 4 is 17.8 Å². The van der Waals surface area contributed by atoms with Crippen molar-refractivity contribution in [3.05, 3.63) is 12.3 Å². The Labute approximate surface area is 59.7 Å². The summed E-state index contributed by atoms with van der Waals surface area (Å²) in [5.41, 5.74) is 0.770. The van der Waals surface area contributed by atoms with Gasteiger partial charge in [0.15, 0.2) is 0 Å². The van der Waals surface area contributed by atoms with Gasteiger partial charge >= 0.3 is 0 Å². The van der Waals surface area contributed by atoms with Gasteiger partial charge < -0.3 is 0 Å². The van der Waals surface area contributed by atoms with Crippen LogP contribution in [0.5, 0.6) is 0 Å². The number of allylic oxidation sites excluding steroid dienone is 1. The quantitative estimate of drug-likeness (QED) is 0.417. The minimum absolute atomic E-state index is 0.396. The summed E-state index contributed by atoms with van der Waals surface area (Å²) in [7, 11) is 0. The Bertz CT molecular complexity index is 209. The van der Waals surface area contributed by atoms with Crippen molar-refractivity contribution < 1.29 is 0 Å². The molecule has 0 fully saturated rings. The molecule has 0 unspecified atom stereocenters. The van der Waals surface area contributed by atoms with E-state index in [0.717, 1.165) is 5.71 Å². The van der Waals surface area contributed by atoms with Gasteiger partial charge in [0.25, 0.3) is 0 Å². The van der Waals surface area contributed by atoms with Crippen molar-refractivity contribution in [2.75, 3.05) is 0 Å². The largest absolute Gasteiger partial charge is 0.287 e. The highest BCUT2D eigenvalue weighted by atomic mass is 14.9. The van der Waals surface area contributed by atoms with Gasteiger partial charge in [-0.1, -0.05) is 6.92 Å². The molecule has 0 saturated heterocycles. The molecule has 1 N–H and O–H groups in total. The van der Waals surface area contributed by atoms with Gasteiger partial charge in [-0.3, -0.25) is 10.4 Å². The molecule has 1 rings (SSSR count). The summed E-state index contributed by atoms with van der Waals surface area (Å²) < 4.78 is 0. The third-order valence-corrected chi connectivity index (χ3v) is 1.14. The first kappa shape index (κ1) is 6.86. The molecule has 0 bridgehead atoms. The second-order valence-corrected chi connectivity index (χ2v) is 1.93. The highest BCUT2D eigenvalue weighted by Crippen LogP contribution is 1.92. The van der Waals surface area contributed by atoms with Crippen molar-refractivity contribution in [1.82, 2.24) is 0 Å². The van der Waals surface area contributed by atoms with Crippen molar-refractivity contribution in [1.29, 1.82) is 5.41 Å². The molecule has 3 heteroatoms. The Kier molecular flexibility index (Phi) is 2.10. The molecule has 3 nitrogen and oxygen atoms in total. The molecule has 0 saturated carbocycles. The van der Waals surface area contributed by atoms with E-state index in [9.17, 15) is 0 Å². The SMILES string of the molecule is CCC(=N)N=C1C=CN=C1. The molecule has 0 aromatic carbocycles. The fraction of sp³-hybridized carbons (Fsp3) is 0.286. The number of hydrogen-bond acceptors (Lipinski definition) is 2. The van der Waals surface area contributed by atoms with Crippen molar-refractivity contribution in [3.8, 4) is 0 Å². The number of nitrogens with zero attached hydrogens (tertiary/aromatic N) is 2. The number of aliphatic imine (C=N–C) groups is 2. The third-order valence-electron chi connectivity index (χ3n) is 1.14. The molecular formula is C7H9N3. The van der Waals surface area contributed by atoms with E-state index >= 15 is 0 Å². The summed E-state index contributed by atoms with van der Waals surface area (Å²) in [5, 5.41) is 7.22. The molecule has 1 heterocycles. The average Bonchev–Trinajstić information content (AvgIpc) is 2.40. The smallest absolute Gasteiger partial charge is 0.120 e. The van der Waals surface area contributed by atoms with Crippen molar-refractivity contribution in [2.45, 2.75) is 13.3 Å². The van der Waals surface area contributed by atoms with Crippen LogP contribution in [0.2, 0.25) is 0 Å². The van der Waals surface area contributed by atoms with Gasteiger partial charge in [0.05, 0.1) is 11.9 Å². The maximum absolute atomic E-state index is 7.22. The van der Waals surface area contributed by atoms with Gasteiger partial charge in [0.2, 0.25) is 0 Å². The Balaban J connectivity index is 2.63. The van der Waals surface area contributed by atoms with Crippen LogP contribution in [0.1, 0.15) is 13.3 Å². The molecular weight excluding hydrogens is 126 g/mol. The lowest BCUT2D eigenvalue weighted by Crippen LogP contribution is -1.97. The zero-order valence-electron chi connectivity index (χ0n) is 5.83. The summed E-state index contributed by atoms with van der Waals surface area (Å²) >= 11 is 0. The third kappa shape index (κ3) is 1.62. The van der Waals surface area contributed by atoms with Crippen molar-refractivity contribution in [2.24, 2.45) is 9.98 Å². The van der Waals surface area contributed by atoms with Crippen LogP contribution in [0, 0.1) is 5.41 Å². The van der Waals surface area contributed by atoms with E-state index in [1.54, 1.807) is 18.5 Å². The highest BCUT2D eigenvalue weighted by molar-refractivity contribution is 6.39. The lowest BCUT2D eigenvalue weighted by atomic mass is 10.4. The Morgan fingerprint density at radius 1 is 1.80 bits per heavy atom. The predicted octanol–water partition coefficient (Wildman–Crippen LogP) is 1.41. The normalized spacial score (nSPS) is 18.7. The Morgan fingerprint density at radius 3 is 3.10 bits per heavy atom. The number of amidine groups is 1. The first-order valence-electron chi connectivity index (χ1n) is 3.18. The minimum atomic E-state index is 0.396. The topological polar surface area (TPSA) is 48.6 Å². The first-order chi connectivity index (χ1) is 4.83. The summed E-state index contributed by atoms with van der Waals surface area (Å²) in [6, 6.07) is 0. The molecule has 0 aromatic heterocycles. The van der Waals surface area contributed by atoms with E-state index in [4.69, 9.17) is 5.41 Å². The number of rotatable bonds is 1. The summed E-state index contributed by atoms with van der Waals surface area (Å²) in [4.78, 5) is 7.78. The average molecular weight is 135 g/mol. The van der Waals surface area contributed by atoms with Crippen LogP contribution in [0.15, 0.2) is 22.3 Å². The Hall–Kier alpha value is -1.25. The predicted molar refractivity (Wildman–Crippen MR) is 43.1 cm³/mol. The molecule has 10 heavy (non-hydrogen) atoms. The van der Waals surface area contributed by atoms with Crippen LogP contribution in [0.4, 0.5) is 0 Å². The molecule has 0 amide bonds. The highest BCUT2D eigenvalue weighted by Gasteiger charge is 1.95. The van der Waals surface area contributed by atoms with Crippen LogP contribution >= 0.6 is 0 Å². The summed E-state index contributed by atoms with van der Waals surface area (Å²) in [6.45, 7) is 1.90. The fourth-order valence-corrected chi connectivity index (χ4v) is 0.583. The maximum atomic E-state index is 7.22. The van der Waals surface area contributed by atoms with Crippen LogP contribution in [-0.2, 0) is 0 Å². The molecule has 0 radical (unpaired) electrons. The molecule has 0 aliphatic carbocycles. The summed E-state index contributed by atoms with van der Waals surface area (Å²) in [5.74, 6) is 0.396. The van der Waals surface area contributed by atoms with Crippen molar-refractivity contribution in [3.63, 3.8) is 0 Å². The monoisotopic (exact) mass is 135 g/mol. The van der Waals surface area contributed by atoms with Gasteiger partial charge in [0.1, 0.15) is 5.84 Å². The van der Waals surface area contributed by atoms with Gasteiger partial charge in [-0.15, -0.1) is 0 Å². The first-order valence-corrected chi connectivity index (χ1v) is 3.18. The van der Waals surface area contributed by atoms with Gasteiger partial charge in [-0.05, 0) is 6.08 Å². The van der Waals surface area contributed by atoms with E-state index < -0.39 is 0 Å². The standard InChI is InChI=1S/C7H9N3/c1-2-7(8)10-6-3-4-9-5-6/h3-5,8H,2H2,1H3. The van der Waals surface area contributed by atoms with E-state index in [1.165, 1.54) is 0 Å². The minimum Gasteiger partial charge on any atom is -0.287 e. The molecule has 52 valence electrons. The van der Waals surface area contributed by atoms with E-state index in [-0.39, 0.29) is 0 Å². The van der Waals surface area contributed by atoms with E-state index in [1.807, 2.05) is 6.92 Å². The number of nitrogens with one attached hydrogen (secondary N) is 1. The maximum Gasteiger partial charge on any atom is 0.120 e. The van der Waals surface area contributed by atoms with Gasteiger partial charge in [0, 0.05) is 12.6 Å². The molecule has 0 spiro atoms. The van der Waals surface area contributed by atoms with Gasteiger partial charge in [-0.2, -0.15) is 0 Å². The second kappa shape index (κ2) is 3.06. The Morgan fingerprint density at radius 2 is 2.60 bits per heavy atom. The molecule has 0 aromatic rings. The molecule has 0 atom stereocenters. The van der Waals surface area contributed by atoms with Crippen LogP contribution < -0.4 is 0 Å². The lowest BCUT2D eigenvalue weighted by Gasteiger charge is -1.89. The zero-order valence-corrected chi connectivity index (χ0v) is 5.83. The molecule has 1 aliphatic rings. The van der Waals surface area contributed by atoms with Crippen LogP contribution in [-0.4, -0.2) is 17.8 Å².